The molecule has 1 aromatic heterocycles. The van der Waals surface area contributed by atoms with E-state index in [9.17, 15) is 4.79 Å². The van der Waals surface area contributed by atoms with Gasteiger partial charge in [0.15, 0.2) is 6.19 Å². The monoisotopic (exact) mass is 465 g/mol. The number of hydrogen-bond donors (Lipinski definition) is 1. The quantitative estimate of drug-likeness (QED) is 0.552. The normalized spacial score (nSPS) is 26.6. The molecular formula is C22H20BrN5O2. The maximum atomic E-state index is 13.2. The number of rotatable bonds is 4. The first kappa shape index (κ1) is 19.1. The minimum absolute atomic E-state index is 0.0342. The average Bonchev–Trinajstić information content (AvgIpc) is 3.25. The molecule has 1 aliphatic carbocycles. The molecule has 1 atom stereocenters. The van der Waals surface area contributed by atoms with E-state index in [0.29, 0.717) is 31.4 Å². The molecule has 7 nitrogen and oxygen atoms in total. The van der Waals surface area contributed by atoms with E-state index in [1.165, 1.54) is 0 Å². The van der Waals surface area contributed by atoms with Crippen molar-refractivity contribution in [3.63, 3.8) is 0 Å². The summed E-state index contributed by atoms with van der Waals surface area (Å²) >= 11 is 3.59. The van der Waals surface area contributed by atoms with Crippen LogP contribution in [0.3, 0.4) is 0 Å². The highest BCUT2D eigenvalue weighted by Crippen LogP contribution is 2.46. The zero-order valence-electron chi connectivity index (χ0n) is 16.2. The van der Waals surface area contributed by atoms with Crippen LogP contribution in [0.5, 0.6) is 0 Å². The van der Waals surface area contributed by atoms with Crippen molar-refractivity contribution in [2.24, 2.45) is 10.9 Å². The summed E-state index contributed by atoms with van der Waals surface area (Å²) in [4.78, 5) is 24.0. The Morgan fingerprint density at radius 2 is 2.13 bits per heavy atom. The molecule has 1 amide bonds. The van der Waals surface area contributed by atoms with Crippen molar-refractivity contribution in [3.05, 3.63) is 63.9 Å². The number of benzene rings is 1. The lowest BCUT2D eigenvalue weighted by Gasteiger charge is -2.45. The maximum absolute atomic E-state index is 13.2. The standard InChI is InChI=1S/C22H20BrN5O2/c23-17-6-3-7-25-18(17)8-19-15-4-1-2-5-16(15)20(29)28(19)11-14-9-22(10-14)12-26-21(30-22)27-13-24/h1-7,14,19H,8-12H2,(H,26,27). The van der Waals surface area contributed by atoms with Crippen molar-refractivity contribution in [1.82, 2.24) is 15.2 Å². The van der Waals surface area contributed by atoms with Crippen molar-refractivity contribution in [3.8, 4) is 6.19 Å². The third kappa shape index (κ3) is 3.23. The number of ether oxygens (including phenoxy) is 1. The lowest BCUT2D eigenvalue weighted by Crippen LogP contribution is -2.51. The molecular weight excluding hydrogens is 446 g/mol. The largest absolute Gasteiger partial charge is 0.456 e. The van der Waals surface area contributed by atoms with Crippen molar-refractivity contribution in [2.75, 3.05) is 13.1 Å². The van der Waals surface area contributed by atoms with Crippen LogP contribution < -0.4 is 5.32 Å². The summed E-state index contributed by atoms with van der Waals surface area (Å²) in [5.41, 5.74) is 2.47. The van der Waals surface area contributed by atoms with Gasteiger partial charge in [-0.3, -0.25) is 9.78 Å². The van der Waals surface area contributed by atoms with Crippen molar-refractivity contribution in [1.29, 1.82) is 5.26 Å². The van der Waals surface area contributed by atoms with Gasteiger partial charge in [-0.1, -0.05) is 18.2 Å². The Morgan fingerprint density at radius 3 is 2.93 bits per heavy atom. The summed E-state index contributed by atoms with van der Waals surface area (Å²) in [6.07, 6.45) is 5.95. The van der Waals surface area contributed by atoms with E-state index in [1.54, 1.807) is 6.20 Å². The summed E-state index contributed by atoms with van der Waals surface area (Å²) in [6, 6.07) is 12.0. The SMILES string of the molecule is N#CNC1=NCC2(CC(CN3C(=O)c4ccccc4C3Cc3ncccc3Br)C2)O1. The summed E-state index contributed by atoms with van der Waals surface area (Å²) in [5.74, 6) is 0.425. The lowest BCUT2D eigenvalue weighted by molar-refractivity contribution is -0.0489. The molecule has 0 saturated heterocycles. The van der Waals surface area contributed by atoms with Crippen molar-refractivity contribution < 1.29 is 9.53 Å². The van der Waals surface area contributed by atoms with Gasteiger partial charge in [0.1, 0.15) is 5.60 Å². The minimum Gasteiger partial charge on any atom is -0.456 e. The van der Waals surface area contributed by atoms with E-state index < -0.39 is 0 Å². The van der Waals surface area contributed by atoms with E-state index in [-0.39, 0.29) is 17.6 Å². The molecule has 8 heteroatoms. The van der Waals surface area contributed by atoms with Gasteiger partial charge in [0.05, 0.1) is 18.3 Å². The number of carbonyl (C=O) groups is 1. The van der Waals surface area contributed by atoms with Crippen LogP contribution in [0.1, 0.15) is 40.5 Å². The molecule has 2 aliphatic heterocycles. The molecule has 3 heterocycles. The van der Waals surface area contributed by atoms with Crippen LogP contribution in [0.15, 0.2) is 52.1 Å². The zero-order chi connectivity index (χ0) is 20.7. The van der Waals surface area contributed by atoms with Crippen molar-refractivity contribution in [2.45, 2.75) is 30.9 Å². The first-order valence-corrected chi connectivity index (χ1v) is 10.8. The number of pyridine rings is 1. The molecule has 1 fully saturated rings. The smallest absolute Gasteiger partial charge is 0.298 e. The van der Waals surface area contributed by atoms with E-state index >= 15 is 0 Å². The van der Waals surface area contributed by atoms with Crippen LogP contribution >= 0.6 is 15.9 Å². The summed E-state index contributed by atoms with van der Waals surface area (Å²) in [5, 5.41) is 11.2. The minimum atomic E-state index is -0.320. The molecule has 0 bridgehead atoms. The number of hydrogen-bond acceptors (Lipinski definition) is 6. The highest BCUT2D eigenvalue weighted by atomic mass is 79.9. The second kappa shape index (κ2) is 7.40. The zero-order valence-corrected chi connectivity index (χ0v) is 17.8. The van der Waals surface area contributed by atoms with Gasteiger partial charge in [0.25, 0.3) is 11.9 Å². The Hall–Kier alpha value is -2.92. The average molecular weight is 466 g/mol. The summed E-state index contributed by atoms with van der Waals surface area (Å²) in [7, 11) is 0. The van der Waals surface area contributed by atoms with E-state index in [0.717, 1.165) is 34.1 Å². The van der Waals surface area contributed by atoms with Crippen LogP contribution in [0, 0.1) is 17.4 Å². The van der Waals surface area contributed by atoms with Gasteiger partial charge >= 0.3 is 0 Å². The number of amidine groups is 1. The predicted molar refractivity (Wildman–Crippen MR) is 113 cm³/mol. The number of carbonyl (C=O) groups excluding carboxylic acids is 1. The number of fused-ring (bicyclic) bond motifs is 1. The van der Waals surface area contributed by atoms with Crippen LogP contribution in [0.4, 0.5) is 0 Å². The Morgan fingerprint density at radius 1 is 1.30 bits per heavy atom. The lowest BCUT2D eigenvalue weighted by atomic mass is 9.70. The molecule has 1 aromatic carbocycles. The Kier molecular flexibility index (Phi) is 4.70. The van der Waals surface area contributed by atoms with Gasteiger partial charge in [0.2, 0.25) is 0 Å². The highest BCUT2D eigenvalue weighted by Gasteiger charge is 2.51. The number of nitrogens with zero attached hydrogens (tertiary/aromatic N) is 4. The highest BCUT2D eigenvalue weighted by molar-refractivity contribution is 9.10. The fourth-order valence-electron chi connectivity index (χ4n) is 4.84. The maximum Gasteiger partial charge on any atom is 0.298 e. The molecule has 30 heavy (non-hydrogen) atoms. The fourth-order valence-corrected chi connectivity index (χ4v) is 5.26. The number of halogens is 1. The van der Waals surface area contributed by atoms with Gasteiger partial charge in [-0.15, -0.1) is 0 Å². The van der Waals surface area contributed by atoms with Crippen LogP contribution in [0.25, 0.3) is 0 Å². The van der Waals surface area contributed by atoms with Gasteiger partial charge in [0, 0.05) is 29.2 Å². The van der Waals surface area contributed by atoms with Crippen molar-refractivity contribution >= 4 is 27.9 Å². The molecule has 1 N–H and O–H groups in total. The molecule has 0 radical (unpaired) electrons. The second-order valence-electron chi connectivity index (χ2n) is 8.11. The number of nitrogens with one attached hydrogen (secondary N) is 1. The van der Waals surface area contributed by atoms with Crippen LogP contribution in [-0.2, 0) is 11.2 Å². The summed E-state index contributed by atoms with van der Waals surface area (Å²) in [6.45, 7) is 1.24. The number of aromatic nitrogens is 1. The topological polar surface area (TPSA) is 90.6 Å². The molecule has 1 spiro atoms. The van der Waals surface area contributed by atoms with E-state index in [1.807, 2.05) is 47.5 Å². The molecule has 3 aliphatic rings. The predicted octanol–water partition coefficient (Wildman–Crippen LogP) is 3.19. The number of nitriles is 1. The first-order valence-electron chi connectivity index (χ1n) is 9.96. The van der Waals surface area contributed by atoms with Gasteiger partial charge in [-0.05, 0) is 58.5 Å². The Bertz CT molecular complexity index is 1070. The first-order chi connectivity index (χ1) is 14.6. The molecule has 1 saturated carbocycles. The van der Waals surface area contributed by atoms with Crippen LogP contribution in [-0.4, -0.2) is 40.5 Å². The van der Waals surface area contributed by atoms with E-state index in [2.05, 4.69) is 31.2 Å². The molecule has 1 unspecified atom stereocenters. The van der Waals surface area contributed by atoms with Gasteiger partial charge in [-0.25, -0.2) is 10.3 Å². The molecule has 2 aromatic rings. The van der Waals surface area contributed by atoms with Gasteiger partial charge < -0.3 is 9.64 Å². The van der Waals surface area contributed by atoms with Crippen LogP contribution in [0.2, 0.25) is 0 Å². The fraction of sp³-hybridized carbons (Fsp3) is 0.364. The Balaban J connectivity index is 1.32. The Labute approximate surface area is 182 Å². The number of amides is 1. The number of aliphatic imine (C=N–C) groups is 1. The molecule has 5 rings (SSSR count). The third-order valence-corrected chi connectivity index (χ3v) is 6.89. The third-order valence-electron chi connectivity index (χ3n) is 6.17. The molecule has 152 valence electrons. The summed E-state index contributed by atoms with van der Waals surface area (Å²) < 4.78 is 6.80. The van der Waals surface area contributed by atoms with E-state index in [4.69, 9.17) is 10.00 Å². The second-order valence-corrected chi connectivity index (χ2v) is 8.97. The van der Waals surface area contributed by atoms with Gasteiger partial charge in [-0.2, -0.15) is 5.26 Å².